The minimum atomic E-state index is 0.456. The average molecular weight is 257 g/mol. The van der Waals surface area contributed by atoms with E-state index in [1.54, 1.807) is 0 Å². The number of hydrogen-bond acceptors (Lipinski definition) is 3. The number of nitrogens with zero attached hydrogens (tertiary/aromatic N) is 2. The van der Waals surface area contributed by atoms with E-state index in [0.717, 1.165) is 6.54 Å². The Balaban J connectivity index is 1.87. The Bertz CT molecular complexity index is 333. The molecule has 0 aromatic carbocycles. The molecule has 0 spiro atoms. The molecule has 0 saturated carbocycles. The van der Waals surface area contributed by atoms with E-state index in [0.29, 0.717) is 21.0 Å². The molecule has 0 radical (unpaired) electrons. The van der Waals surface area contributed by atoms with Gasteiger partial charge in [0.05, 0.1) is 0 Å². The average Bonchev–Trinajstić information content (AvgIpc) is 2.78. The third-order valence-corrected chi connectivity index (χ3v) is 5.48. The van der Waals surface area contributed by atoms with Crippen molar-refractivity contribution in [1.29, 1.82) is 0 Å². The normalized spacial score (nSPS) is 26.3. The molecule has 1 saturated heterocycles. The fourth-order valence-corrected chi connectivity index (χ4v) is 4.69. The maximum absolute atomic E-state index is 4.77. The van der Waals surface area contributed by atoms with Crippen molar-refractivity contribution in [2.45, 2.75) is 11.4 Å². The van der Waals surface area contributed by atoms with Gasteiger partial charge in [0.1, 0.15) is 0 Å². The minimum absolute atomic E-state index is 0.456. The van der Waals surface area contributed by atoms with Crippen LogP contribution in [-0.2, 0) is 0 Å². The summed E-state index contributed by atoms with van der Waals surface area (Å²) in [5.41, 5.74) is 0. The number of fused-ring (bicyclic) bond motifs is 1. The maximum atomic E-state index is 4.77. The standard InChI is InChI=1S/C9H10N2SSe/c1-2-8(12-4-1)7-6-11-3-5-13-9(11)10-7/h1-2,4,7H,3,5-6H2. The summed E-state index contributed by atoms with van der Waals surface area (Å²) in [6.45, 7) is 2.39. The predicted octanol–water partition coefficient (Wildman–Crippen LogP) is 1.60. The van der Waals surface area contributed by atoms with Crippen LogP contribution in [0.25, 0.3) is 0 Å². The van der Waals surface area contributed by atoms with Crippen LogP contribution in [0.5, 0.6) is 0 Å². The van der Waals surface area contributed by atoms with Crippen LogP contribution in [0.1, 0.15) is 10.9 Å². The number of hydrogen-bond donors (Lipinski definition) is 0. The fourth-order valence-electron chi connectivity index (χ4n) is 1.74. The Labute approximate surface area is 87.8 Å². The molecule has 2 aliphatic heterocycles. The summed E-state index contributed by atoms with van der Waals surface area (Å²) in [6.07, 6.45) is 0. The molecule has 2 nitrogen and oxygen atoms in total. The molecule has 0 aliphatic carbocycles. The van der Waals surface area contributed by atoms with E-state index in [2.05, 4.69) is 22.4 Å². The molecule has 1 atom stereocenters. The van der Waals surface area contributed by atoms with Gasteiger partial charge in [0.2, 0.25) is 0 Å². The third-order valence-electron chi connectivity index (χ3n) is 2.39. The summed E-state index contributed by atoms with van der Waals surface area (Å²) in [5.74, 6) is 0. The van der Waals surface area contributed by atoms with E-state index < -0.39 is 0 Å². The SMILES string of the molecule is c1csc(C2CN3CC[Se]C3=N2)c1. The zero-order valence-corrected chi connectivity index (χ0v) is 9.67. The van der Waals surface area contributed by atoms with Crippen LogP contribution >= 0.6 is 11.3 Å². The zero-order chi connectivity index (χ0) is 8.67. The Hall–Kier alpha value is -0.311. The van der Waals surface area contributed by atoms with Gasteiger partial charge in [0, 0.05) is 0 Å². The van der Waals surface area contributed by atoms with Gasteiger partial charge in [0.15, 0.2) is 0 Å². The van der Waals surface area contributed by atoms with Crippen LogP contribution < -0.4 is 0 Å². The van der Waals surface area contributed by atoms with Crippen LogP contribution in [0.4, 0.5) is 0 Å². The number of thiophene rings is 1. The van der Waals surface area contributed by atoms with Crippen molar-refractivity contribution < 1.29 is 0 Å². The van der Waals surface area contributed by atoms with E-state index in [1.165, 1.54) is 21.5 Å². The molecule has 1 unspecified atom stereocenters. The van der Waals surface area contributed by atoms with Crippen LogP contribution in [-0.4, -0.2) is 37.7 Å². The number of amidine groups is 1. The van der Waals surface area contributed by atoms with E-state index in [-0.39, 0.29) is 0 Å². The van der Waals surface area contributed by atoms with Crippen molar-refractivity contribution in [3.8, 4) is 0 Å². The first-order chi connectivity index (χ1) is 6.43. The molecule has 4 heteroatoms. The van der Waals surface area contributed by atoms with Crippen LogP contribution in [0, 0.1) is 0 Å². The Kier molecular flexibility index (Phi) is 1.93. The van der Waals surface area contributed by atoms with E-state index in [1.807, 2.05) is 11.3 Å². The predicted molar refractivity (Wildman–Crippen MR) is 56.6 cm³/mol. The van der Waals surface area contributed by atoms with Gasteiger partial charge < -0.3 is 0 Å². The second kappa shape index (κ2) is 3.12. The van der Waals surface area contributed by atoms with Gasteiger partial charge in [-0.1, -0.05) is 0 Å². The van der Waals surface area contributed by atoms with Crippen molar-refractivity contribution >= 4 is 31.0 Å². The molecular weight excluding hydrogens is 247 g/mol. The first kappa shape index (κ1) is 8.04. The van der Waals surface area contributed by atoms with Crippen molar-refractivity contribution in [3.63, 3.8) is 0 Å². The van der Waals surface area contributed by atoms with E-state index in [9.17, 15) is 0 Å². The Morgan fingerprint density at radius 2 is 2.62 bits per heavy atom. The molecule has 13 heavy (non-hydrogen) atoms. The van der Waals surface area contributed by atoms with Crippen LogP contribution in [0.15, 0.2) is 22.5 Å². The van der Waals surface area contributed by atoms with Gasteiger partial charge in [-0.05, 0) is 0 Å². The molecule has 2 aliphatic rings. The summed E-state index contributed by atoms with van der Waals surface area (Å²) >= 11 is 2.50. The van der Waals surface area contributed by atoms with Crippen molar-refractivity contribution in [3.05, 3.63) is 22.4 Å². The molecule has 3 heterocycles. The topological polar surface area (TPSA) is 15.6 Å². The first-order valence-electron chi connectivity index (χ1n) is 4.42. The van der Waals surface area contributed by atoms with Crippen molar-refractivity contribution in [2.24, 2.45) is 4.99 Å². The van der Waals surface area contributed by atoms with Gasteiger partial charge in [-0.25, -0.2) is 0 Å². The monoisotopic (exact) mass is 258 g/mol. The number of aliphatic imine (C=N–C) groups is 1. The van der Waals surface area contributed by atoms with Crippen LogP contribution in [0.2, 0.25) is 5.32 Å². The Morgan fingerprint density at radius 3 is 3.38 bits per heavy atom. The molecule has 0 bridgehead atoms. The van der Waals surface area contributed by atoms with Crippen LogP contribution in [0.3, 0.4) is 0 Å². The molecule has 1 aromatic heterocycles. The molecular formula is C9H10N2SSe. The molecule has 1 aromatic rings. The van der Waals surface area contributed by atoms with Gasteiger partial charge >= 0.3 is 87.8 Å². The first-order valence-corrected chi connectivity index (χ1v) is 7.37. The third kappa shape index (κ3) is 1.33. The summed E-state index contributed by atoms with van der Waals surface area (Å²) in [5, 5.41) is 3.51. The van der Waals surface area contributed by atoms with Crippen molar-refractivity contribution in [2.75, 3.05) is 13.1 Å². The van der Waals surface area contributed by atoms with Crippen molar-refractivity contribution in [1.82, 2.24) is 4.90 Å². The Morgan fingerprint density at radius 1 is 1.62 bits per heavy atom. The molecule has 0 amide bonds. The van der Waals surface area contributed by atoms with Gasteiger partial charge in [-0.2, -0.15) is 0 Å². The van der Waals surface area contributed by atoms with Gasteiger partial charge in [-0.3, -0.25) is 0 Å². The number of rotatable bonds is 1. The van der Waals surface area contributed by atoms with E-state index in [4.69, 9.17) is 4.99 Å². The van der Waals surface area contributed by atoms with E-state index >= 15 is 0 Å². The molecule has 3 rings (SSSR count). The fraction of sp³-hybridized carbons (Fsp3) is 0.444. The summed E-state index contributed by atoms with van der Waals surface area (Å²) in [6, 6.07) is 4.78. The zero-order valence-electron chi connectivity index (χ0n) is 7.14. The summed E-state index contributed by atoms with van der Waals surface area (Å²) in [7, 11) is 0. The second-order valence-corrected chi connectivity index (χ2v) is 6.44. The quantitative estimate of drug-likeness (QED) is 0.698. The molecule has 0 N–H and O–H groups in total. The summed E-state index contributed by atoms with van der Waals surface area (Å²) < 4.78 is 1.41. The molecule has 68 valence electrons. The van der Waals surface area contributed by atoms with Gasteiger partial charge in [0.25, 0.3) is 0 Å². The van der Waals surface area contributed by atoms with Gasteiger partial charge in [-0.15, -0.1) is 0 Å². The second-order valence-electron chi connectivity index (χ2n) is 3.24. The molecule has 1 fully saturated rings. The summed E-state index contributed by atoms with van der Waals surface area (Å²) in [4.78, 5) is 8.66.